The van der Waals surface area contributed by atoms with Crippen molar-refractivity contribution in [1.29, 1.82) is 0 Å². The fourth-order valence-electron chi connectivity index (χ4n) is 0.884. The normalized spacial score (nSPS) is 9.50. The Labute approximate surface area is 84.1 Å². The van der Waals surface area contributed by atoms with Gasteiger partial charge in [0.05, 0.1) is 0 Å². The summed E-state index contributed by atoms with van der Waals surface area (Å²) in [5.41, 5.74) is 1.14. The standard InChI is InChI=1S/C9H7IO2/c1-6(12)8-2-7(5-11)3-9(10)4-8/h2-5H,1H3. The fourth-order valence-corrected chi connectivity index (χ4v) is 1.58. The third-order valence-corrected chi connectivity index (χ3v) is 2.09. The van der Waals surface area contributed by atoms with Crippen molar-refractivity contribution in [2.75, 3.05) is 0 Å². The van der Waals surface area contributed by atoms with Crippen LogP contribution >= 0.6 is 22.6 Å². The van der Waals surface area contributed by atoms with Crippen LogP contribution in [0.3, 0.4) is 0 Å². The summed E-state index contributed by atoms with van der Waals surface area (Å²) in [7, 11) is 0. The molecule has 0 unspecified atom stereocenters. The van der Waals surface area contributed by atoms with E-state index in [-0.39, 0.29) is 5.78 Å². The molecule has 0 atom stereocenters. The molecular weight excluding hydrogens is 267 g/mol. The van der Waals surface area contributed by atoms with Crippen molar-refractivity contribution in [3.63, 3.8) is 0 Å². The molecule has 0 aliphatic carbocycles. The number of ketones is 1. The fraction of sp³-hybridized carbons (Fsp3) is 0.111. The van der Waals surface area contributed by atoms with Crippen LogP contribution in [0.4, 0.5) is 0 Å². The van der Waals surface area contributed by atoms with E-state index in [0.717, 1.165) is 9.86 Å². The molecule has 0 aromatic heterocycles. The van der Waals surface area contributed by atoms with Gasteiger partial charge in [-0.25, -0.2) is 0 Å². The molecule has 3 heteroatoms. The topological polar surface area (TPSA) is 34.1 Å². The second-order valence-electron chi connectivity index (χ2n) is 2.45. The zero-order chi connectivity index (χ0) is 9.14. The van der Waals surface area contributed by atoms with Crippen LogP contribution in [0.25, 0.3) is 0 Å². The van der Waals surface area contributed by atoms with Gasteiger partial charge in [0.1, 0.15) is 6.29 Å². The molecule has 0 spiro atoms. The molecule has 62 valence electrons. The molecule has 1 aromatic rings. The molecule has 0 saturated heterocycles. The van der Waals surface area contributed by atoms with Crippen molar-refractivity contribution in [3.05, 3.63) is 32.9 Å². The van der Waals surface area contributed by atoms with Crippen LogP contribution in [-0.4, -0.2) is 12.1 Å². The van der Waals surface area contributed by atoms with Crippen molar-refractivity contribution in [3.8, 4) is 0 Å². The number of hydrogen-bond donors (Lipinski definition) is 0. The van der Waals surface area contributed by atoms with Crippen LogP contribution in [0.1, 0.15) is 27.6 Å². The highest BCUT2D eigenvalue weighted by atomic mass is 127. The first-order chi connectivity index (χ1) is 5.63. The van der Waals surface area contributed by atoms with E-state index in [1.807, 2.05) is 0 Å². The molecule has 1 aromatic carbocycles. The van der Waals surface area contributed by atoms with E-state index in [4.69, 9.17) is 0 Å². The molecule has 0 bridgehead atoms. The second kappa shape index (κ2) is 3.80. The van der Waals surface area contributed by atoms with Gasteiger partial charge < -0.3 is 0 Å². The third-order valence-electron chi connectivity index (χ3n) is 1.46. The Bertz CT molecular complexity index is 331. The number of halogens is 1. The third kappa shape index (κ3) is 2.14. The van der Waals surface area contributed by atoms with Gasteiger partial charge in [-0.1, -0.05) is 0 Å². The maximum atomic E-state index is 10.9. The predicted octanol–water partition coefficient (Wildman–Crippen LogP) is 2.31. The van der Waals surface area contributed by atoms with E-state index in [2.05, 4.69) is 22.6 Å². The monoisotopic (exact) mass is 274 g/mol. The van der Waals surface area contributed by atoms with E-state index in [0.29, 0.717) is 11.1 Å². The van der Waals surface area contributed by atoms with Gasteiger partial charge in [0.2, 0.25) is 0 Å². The van der Waals surface area contributed by atoms with E-state index < -0.39 is 0 Å². The Morgan fingerprint density at radius 2 is 2.08 bits per heavy atom. The van der Waals surface area contributed by atoms with Crippen LogP contribution in [-0.2, 0) is 0 Å². The van der Waals surface area contributed by atoms with Crippen LogP contribution in [0.2, 0.25) is 0 Å². The van der Waals surface area contributed by atoms with Gasteiger partial charge in [0.15, 0.2) is 5.78 Å². The Hall–Kier alpha value is -0.710. The minimum Gasteiger partial charge on any atom is -0.298 e. The van der Waals surface area contributed by atoms with Crippen LogP contribution in [0.5, 0.6) is 0 Å². The minimum atomic E-state index is -0.0170. The molecule has 12 heavy (non-hydrogen) atoms. The summed E-state index contributed by atoms with van der Waals surface area (Å²) in [6.45, 7) is 1.49. The number of Topliss-reactive ketones (excluding diaryl/α,β-unsaturated/α-hetero) is 1. The molecule has 0 fully saturated rings. The zero-order valence-corrected chi connectivity index (χ0v) is 8.66. The van der Waals surface area contributed by atoms with Gasteiger partial charge in [-0.2, -0.15) is 0 Å². The van der Waals surface area contributed by atoms with Crippen molar-refractivity contribution in [2.24, 2.45) is 0 Å². The number of carbonyl (C=O) groups excluding carboxylic acids is 2. The molecule has 0 N–H and O–H groups in total. The smallest absolute Gasteiger partial charge is 0.159 e. The molecule has 0 aliphatic heterocycles. The van der Waals surface area contributed by atoms with Crippen LogP contribution in [0.15, 0.2) is 18.2 Å². The van der Waals surface area contributed by atoms with Gasteiger partial charge in [-0.05, 0) is 47.7 Å². The molecule has 2 nitrogen and oxygen atoms in total. The molecule has 0 radical (unpaired) electrons. The molecule has 0 heterocycles. The summed E-state index contributed by atoms with van der Waals surface area (Å²) in [4.78, 5) is 21.4. The van der Waals surface area contributed by atoms with Crippen molar-refractivity contribution in [1.82, 2.24) is 0 Å². The predicted molar refractivity (Wildman–Crippen MR) is 54.6 cm³/mol. The van der Waals surface area contributed by atoms with Gasteiger partial charge in [0.25, 0.3) is 0 Å². The Morgan fingerprint density at radius 3 is 2.58 bits per heavy atom. The summed E-state index contributed by atoms with van der Waals surface area (Å²) in [5, 5.41) is 0. The van der Waals surface area contributed by atoms with E-state index >= 15 is 0 Å². The molecule has 0 aliphatic rings. The summed E-state index contributed by atoms with van der Waals surface area (Å²) < 4.78 is 0.905. The first kappa shape index (κ1) is 9.38. The quantitative estimate of drug-likeness (QED) is 0.471. The highest BCUT2D eigenvalue weighted by Gasteiger charge is 2.02. The number of benzene rings is 1. The lowest BCUT2D eigenvalue weighted by Crippen LogP contribution is -1.94. The SMILES string of the molecule is CC(=O)c1cc(I)cc(C=O)c1. The van der Waals surface area contributed by atoms with Gasteiger partial charge in [-0.15, -0.1) is 0 Å². The Balaban J connectivity index is 3.23. The lowest BCUT2D eigenvalue weighted by atomic mass is 10.1. The Kier molecular flexibility index (Phi) is 2.97. The largest absolute Gasteiger partial charge is 0.298 e. The number of rotatable bonds is 2. The average Bonchev–Trinajstić information content (AvgIpc) is 2.03. The summed E-state index contributed by atoms with van der Waals surface area (Å²) in [6.07, 6.45) is 0.745. The first-order valence-corrected chi connectivity index (χ1v) is 4.48. The van der Waals surface area contributed by atoms with Gasteiger partial charge in [0, 0.05) is 14.7 Å². The van der Waals surface area contributed by atoms with Gasteiger partial charge >= 0.3 is 0 Å². The van der Waals surface area contributed by atoms with Crippen molar-refractivity contribution < 1.29 is 9.59 Å². The Morgan fingerprint density at radius 1 is 1.42 bits per heavy atom. The average molecular weight is 274 g/mol. The first-order valence-electron chi connectivity index (χ1n) is 3.40. The molecule has 0 saturated carbocycles. The van der Waals surface area contributed by atoms with Crippen LogP contribution < -0.4 is 0 Å². The highest BCUT2D eigenvalue weighted by Crippen LogP contribution is 2.11. The van der Waals surface area contributed by atoms with Crippen molar-refractivity contribution in [2.45, 2.75) is 6.92 Å². The lowest BCUT2D eigenvalue weighted by molar-refractivity contribution is 0.101. The summed E-state index contributed by atoms with van der Waals surface area (Å²) >= 11 is 2.08. The van der Waals surface area contributed by atoms with E-state index in [1.165, 1.54) is 6.92 Å². The van der Waals surface area contributed by atoms with Crippen molar-refractivity contribution >= 4 is 34.7 Å². The summed E-state index contributed by atoms with van der Waals surface area (Å²) in [5.74, 6) is -0.0170. The second-order valence-corrected chi connectivity index (χ2v) is 3.69. The van der Waals surface area contributed by atoms with E-state index in [9.17, 15) is 9.59 Å². The summed E-state index contributed by atoms with van der Waals surface area (Å²) in [6, 6.07) is 5.09. The zero-order valence-electron chi connectivity index (χ0n) is 6.50. The number of hydrogen-bond acceptors (Lipinski definition) is 2. The lowest BCUT2D eigenvalue weighted by Gasteiger charge is -1.97. The number of aldehydes is 1. The van der Waals surface area contributed by atoms with Gasteiger partial charge in [-0.3, -0.25) is 9.59 Å². The molecular formula is C9H7IO2. The maximum Gasteiger partial charge on any atom is 0.159 e. The van der Waals surface area contributed by atoms with E-state index in [1.54, 1.807) is 18.2 Å². The molecule has 0 amide bonds. The minimum absolute atomic E-state index is 0.0170. The maximum absolute atomic E-state index is 10.9. The molecule has 1 rings (SSSR count). The highest BCUT2D eigenvalue weighted by molar-refractivity contribution is 14.1. The number of carbonyl (C=O) groups is 2. The van der Waals surface area contributed by atoms with Crippen LogP contribution in [0, 0.1) is 3.57 Å².